The number of amides is 4. The maximum atomic E-state index is 12.9. The van der Waals surface area contributed by atoms with Gasteiger partial charge in [0.05, 0.1) is 7.11 Å². The number of methoxy groups -OCH3 is 1. The molecule has 2 rings (SSSR count). The largest absolute Gasteiger partial charge is 0.497 e. The summed E-state index contributed by atoms with van der Waals surface area (Å²) in [5.41, 5.74) is -0.561. The van der Waals surface area contributed by atoms with Crippen LogP contribution < -0.4 is 15.4 Å². The number of nitrogens with one attached hydrogen (secondary N) is 2. The molecule has 2 atom stereocenters. The van der Waals surface area contributed by atoms with E-state index in [0.717, 1.165) is 24.2 Å². The highest BCUT2D eigenvalue weighted by Gasteiger charge is 2.49. The van der Waals surface area contributed by atoms with Crippen LogP contribution in [0.25, 0.3) is 0 Å². The third-order valence-electron chi connectivity index (χ3n) is 5.14. The van der Waals surface area contributed by atoms with Crippen molar-refractivity contribution in [3.63, 3.8) is 0 Å². The van der Waals surface area contributed by atoms with E-state index >= 15 is 0 Å². The lowest BCUT2D eigenvalue weighted by atomic mass is 9.92. The van der Waals surface area contributed by atoms with Crippen LogP contribution in [0.1, 0.15) is 58.4 Å². The van der Waals surface area contributed by atoms with Gasteiger partial charge in [0.1, 0.15) is 17.8 Å². The zero-order valence-electron chi connectivity index (χ0n) is 17.2. The maximum Gasteiger partial charge on any atom is 0.325 e. The van der Waals surface area contributed by atoms with Crippen LogP contribution in [0.5, 0.6) is 5.75 Å². The van der Waals surface area contributed by atoms with Gasteiger partial charge >= 0.3 is 6.03 Å². The summed E-state index contributed by atoms with van der Waals surface area (Å²) in [6.07, 6.45) is 5.43. The second kappa shape index (κ2) is 9.57. The third-order valence-corrected chi connectivity index (χ3v) is 5.14. The fraction of sp³-hybridized carbons (Fsp3) is 0.571. The monoisotopic (exact) mass is 389 g/mol. The summed E-state index contributed by atoms with van der Waals surface area (Å²) in [6, 6.07) is 6.38. The van der Waals surface area contributed by atoms with E-state index in [2.05, 4.69) is 17.6 Å². The van der Waals surface area contributed by atoms with Gasteiger partial charge in [0.15, 0.2) is 0 Å². The molecule has 1 saturated heterocycles. The Balaban J connectivity index is 1.96. The molecule has 7 nitrogen and oxygen atoms in total. The molecule has 0 unspecified atom stereocenters. The van der Waals surface area contributed by atoms with Crippen molar-refractivity contribution in [3.05, 3.63) is 29.8 Å². The SMILES string of the molecule is CCCCCC[C@@H](C)NC(=O)CN1C(=O)N[C@@](C)(c2ccc(OC)cc2)C1=O. The van der Waals surface area contributed by atoms with Crippen molar-refractivity contribution in [1.82, 2.24) is 15.5 Å². The van der Waals surface area contributed by atoms with Gasteiger partial charge in [0.25, 0.3) is 5.91 Å². The minimum atomic E-state index is -1.20. The van der Waals surface area contributed by atoms with Gasteiger partial charge in [-0.25, -0.2) is 4.79 Å². The standard InChI is InChI=1S/C21H31N3O4/c1-5-6-7-8-9-15(2)22-18(25)14-24-19(26)21(3,23-20(24)27)16-10-12-17(28-4)13-11-16/h10-13,15H,5-9,14H2,1-4H3,(H,22,25)(H,23,27)/t15-,21+/m1/s1. The van der Waals surface area contributed by atoms with Gasteiger partial charge < -0.3 is 15.4 Å². The van der Waals surface area contributed by atoms with Crippen molar-refractivity contribution in [2.75, 3.05) is 13.7 Å². The molecule has 1 heterocycles. The highest BCUT2D eigenvalue weighted by atomic mass is 16.5. The van der Waals surface area contributed by atoms with Gasteiger partial charge in [0, 0.05) is 6.04 Å². The van der Waals surface area contributed by atoms with Crippen LogP contribution in [-0.4, -0.2) is 42.4 Å². The lowest BCUT2D eigenvalue weighted by molar-refractivity contribution is -0.135. The maximum absolute atomic E-state index is 12.9. The number of nitrogens with zero attached hydrogens (tertiary/aromatic N) is 1. The Morgan fingerprint density at radius 3 is 2.50 bits per heavy atom. The summed E-state index contributed by atoms with van der Waals surface area (Å²) in [7, 11) is 1.56. The van der Waals surface area contributed by atoms with Crippen LogP contribution in [0.2, 0.25) is 0 Å². The van der Waals surface area contributed by atoms with Crippen molar-refractivity contribution in [3.8, 4) is 5.75 Å². The van der Waals surface area contributed by atoms with E-state index in [1.807, 2.05) is 6.92 Å². The predicted octanol–water partition coefficient (Wildman–Crippen LogP) is 2.94. The topological polar surface area (TPSA) is 87.7 Å². The molecule has 4 amide bonds. The fourth-order valence-electron chi connectivity index (χ4n) is 3.37. The van der Waals surface area contributed by atoms with Crippen LogP contribution in [0, 0.1) is 0 Å². The number of rotatable bonds is 10. The highest BCUT2D eigenvalue weighted by molar-refractivity contribution is 6.09. The number of hydrogen-bond donors (Lipinski definition) is 2. The highest BCUT2D eigenvalue weighted by Crippen LogP contribution is 2.29. The van der Waals surface area contributed by atoms with Gasteiger partial charge in [0.2, 0.25) is 5.91 Å². The molecule has 28 heavy (non-hydrogen) atoms. The second-order valence-electron chi connectivity index (χ2n) is 7.49. The molecule has 0 aromatic heterocycles. The van der Waals surface area contributed by atoms with E-state index in [4.69, 9.17) is 4.74 Å². The average Bonchev–Trinajstić information content (AvgIpc) is 2.89. The van der Waals surface area contributed by atoms with Crippen LogP contribution in [-0.2, 0) is 15.1 Å². The molecule has 0 spiro atoms. The van der Waals surface area contributed by atoms with Crippen molar-refractivity contribution in [2.45, 2.75) is 64.5 Å². The van der Waals surface area contributed by atoms with E-state index in [0.29, 0.717) is 11.3 Å². The van der Waals surface area contributed by atoms with E-state index in [-0.39, 0.29) is 18.5 Å². The summed E-state index contributed by atoms with van der Waals surface area (Å²) < 4.78 is 5.13. The zero-order valence-corrected chi connectivity index (χ0v) is 17.2. The number of urea groups is 1. The van der Waals surface area contributed by atoms with E-state index < -0.39 is 17.5 Å². The Kier molecular flexibility index (Phi) is 7.43. The lowest BCUT2D eigenvalue weighted by Gasteiger charge is -2.22. The lowest BCUT2D eigenvalue weighted by Crippen LogP contribution is -2.45. The molecule has 0 aliphatic carbocycles. The van der Waals surface area contributed by atoms with Gasteiger partial charge in [-0.15, -0.1) is 0 Å². The van der Waals surface area contributed by atoms with Gasteiger partial charge in [-0.1, -0.05) is 44.7 Å². The minimum absolute atomic E-state index is 0.0121. The van der Waals surface area contributed by atoms with Gasteiger partial charge in [-0.2, -0.15) is 0 Å². The van der Waals surface area contributed by atoms with Crippen molar-refractivity contribution < 1.29 is 19.1 Å². The van der Waals surface area contributed by atoms with E-state index in [1.54, 1.807) is 38.3 Å². The number of benzene rings is 1. The molecule has 1 aromatic carbocycles. The molecular formula is C21H31N3O4. The Morgan fingerprint density at radius 2 is 1.89 bits per heavy atom. The number of carbonyl (C=O) groups is 3. The summed E-state index contributed by atoms with van der Waals surface area (Å²) in [5, 5.41) is 5.59. The number of ether oxygens (including phenoxy) is 1. The second-order valence-corrected chi connectivity index (χ2v) is 7.49. The molecule has 7 heteroatoms. The Labute approximate surface area is 166 Å². The molecule has 0 bridgehead atoms. The average molecular weight is 389 g/mol. The van der Waals surface area contributed by atoms with E-state index in [9.17, 15) is 14.4 Å². The van der Waals surface area contributed by atoms with Crippen molar-refractivity contribution >= 4 is 17.8 Å². The van der Waals surface area contributed by atoms with Gasteiger partial charge in [-0.05, 0) is 38.0 Å². The number of unbranched alkanes of at least 4 members (excludes halogenated alkanes) is 3. The molecule has 1 aliphatic heterocycles. The predicted molar refractivity (Wildman–Crippen MR) is 107 cm³/mol. The summed E-state index contributed by atoms with van der Waals surface area (Å²) >= 11 is 0. The number of imide groups is 1. The third kappa shape index (κ3) is 5.03. The van der Waals surface area contributed by atoms with Gasteiger partial charge in [-0.3, -0.25) is 14.5 Å². The van der Waals surface area contributed by atoms with Crippen LogP contribution in [0.15, 0.2) is 24.3 Å². The van der Waals surface area contributed by atoms with Crippen molar-refractivity contribution in [1.29, 1.82) is 0 Å². The first-order valence-corrected chi connectivity index (χ1v) is 9.89. The van der Waals surface area contributed by atoms with Crippen molar-refractivity contribution in [2.24, 2.45) is 0 Å². The summed E-state index contributed by atoms with van der Waals surface area (Å²) in [6.45, 7) is 5.46. The molecule has 1 fully saturated rings. The smallest absolute Gasteiger partial charge is 0.325 e. The molecule has 154 valence electrons. The Hall–Kier alpha value is -2.57. The minimum Gasteiger partial charge on any atom is -0.497 e. The van der Waals surface area contributed by atoms with E-state index in [1.165, 1.54) is 12.8 Å². The van der Waals surface area contributed by atoms with Crippen LogP contribution in [0.3, 0.4) is 0 Å². The molecule has 1 aromatic rings. The zero-order chi connectivity index (χ0) is 20.7. The first-order chi connectivity index (χ1) is 13.3. The number of hydrogen-bond acceptors (Lipinski definition) is 4. The summed E-state index contributed by atoms with van der Waals surface area (Å²) in [4.78, 5) is 38.5. The fourth-order valence-corrected chi connectivity index (χ4v) is 3.37. The number of carbonyl (C=O) groups excluding carboxylic acids is 3. The van der Waals surface area contributed by atoms with Crippen LogP contribution >= 0.6 is 0 Å². The summed E-state index contributed by atoms with van der Waals surface area (Å²) in [5.74, 6) is -0.104. The Morgan fingerprint density at radius 1 is 1.21 bits per heavy atom. The first kappa shape index (κ1) is 21.7. The molecule has 0 radical (unpaired) electrons. The quantitative estimate of drug-likeness (QED) is 0.476. The normalized spacial score (nSPS) is 20.1. The molecule has 0 saturated carbocycles. The molecular weight excluding hydrogens is 358 g/mol. The molecule has 1 aliphatic rings. The van der Waals surface area contributed by atoms with Crippen LogP contribution in [0.4, 0.5) is 4.79 Å². The first-order valence-electron chi connectivity index (χ1n) is 9.89. The Bertz CT molecular complexity index is 704. The molecule has 2 N–H and O–H groups in total.